The summed E-state index contributed by atoms with van der Waals surface area (Å²) in [5.74, 6) is 4.01. The highest BCUT2D eigenvalue weighted by atomic mass is 16.7. The zero-order valence-electron chi connectivity index (χ0n) is 17.1. The molecule has 0 saturated carbocycles. The van der Waals surface area contributed by atoms with Crippen LogP contribution in [0, 0.1) is 0 Å². The Morgan fingerprint density at radius 2 is 1.30 bits per heavy atom. The van der Waals surface area contributed by atoms with Gasteiger partial charge in [-0.15, -0.1) is 0 Å². The average Bonchev–Trinajstić information content (AvgIpc) is 3.43. The summed E-state index contributed by atoms with van der Waals surface area (Å²) in [6.07, 6.45) is 5.24. The van der Waals surface area contributed by atoms with Crippen molar-refractivity contribution in [1.82, 2.24) is 0 Å². The van der Waals surface area contributed by atoms with Crippen molar-refractivity contribution in [3.8, 4) is 40.2 Å². The van der Waals surface area contributed by atoms with Crippen LogP contribution < -0.4 is 33.2 Å². The molecule has 8 heteroatoms. The molecule has 0 radical (unpaired) electrons. The number of rotatable bonds is 8. The van der Waals surface area contributed by atoms with E-state index >= 15 is 0 Å². The van der Waals surface area contributed by atoms with Gasteiger partial charge in [-0.1, -0.05) is 12.2 Å². The molecule has 0 aromatic heterocycles. The standard InChI is InChI=1S/C22H24O8/c1-24-18-14(9-17-21(22(18)26-3)30-12-28-17)7-5-4-6-13-8-16-20(29-11-27-16)19(25-2)15(13)10-23/h4-5,8-9,23H,6-7,10-12H2,1-3H3. The van der Waals surface area contributed by atoms with E-state index in [-0.39, 0.29) is 20.2 Å². The van der Waals surface area contributed by atoms with Gasteiger partial charge in [0.2, 0.25) is 30.8 Å². The number of aliphatic hydroxyl groups is 1. The van der Waals surface area contributed by atoms with Crippen LogP contribution >= 0.6 is 0 Å². The zero-order chi connectivity index (χ0) is 21.1. The Balaban J connectivity index is 1.56. The van der Waals surface area contributed by atoms with Crippen LogP contribution in [-0.4, -0.2) is 40.0 Å². The lowest BCUT2D eigenvalue weighted by Crippen LogP contribution is -2.00. The zero-order valence-corrected chi connectivity index (χ0v) is 17.1. The molecule has 160 valence electrons. The summed E-state index contributed by atoms with van der Waals surface area (Å²) in [5.41, 5.74) is 2.51. The third-order valence-corrected chi connectivity index (χ3v) is 5.08. The maximum absolute atomic E-state index is 9.86. The first-order valence-electron chi connectivity index (χ1n) is 9.49. The van der Waals surface area contributed by atoms with E-state index in [1.807, 2.05) is 24.3 Å². The highest BCUT2D eigenvalue weighted by Crippen LogP contribution is 2.49. The third kappa shape index (κ3) is 3.43. The summed E-state index contributed by atoms with van der Waals surface area (Å²) >= 11 is 0. The fourth-order valence-corrected chi connectivity index (χ4v) is 3.70. The monoisotopic (exact) mass is 416 g/mol. The summed E-state index contributed by atoms with van der Waals surface area (Å²) in [6, 6.07) is 3.78. The summed E-state index contributed by atoms with van der Waals surface area (Å²) in [4.78, 5) is 0. The van der Waals surface area contributed by atoms with Gasteiger partial charge in [0, 0.05) is 11.1 Å². The van der Waals surface area contributed by atoms with E-state index in [9.17, 15) is 5.11 Å². The van der Waals surface area contributed by atoms with E-state index in [4.69, 9.17) is 33.2 Å². The van der Waals surface area contributed by atoms with Gasteiger partial charge in [0.05, 0.1) is 27.9 Å². The molecule has 0 unspecified atom stereocenters. The van der Waals surface area contributed by atoms with Crippen LogP contribution in [0.5, 0.6) is 40.2 Å². The van der Waals surface area contributed by atoms with Crippen molar-refractivity contribution in [2.75, 3.05) is 34.9 Å². The lowest BCUT2D eigenvalue weighted by molar-refractivity contribution is 0.170. The Hall–Kier alpha value is -3.26. The minimum absolute atomic E-state index is 0.140. The van der Waals surface area contributed by atoms with Gasteiger partial charge >= 0.3 is 0 Å². The van der Waals surface area contributed by atoms with Crippen LogP contribution in [0.15, 0.2) is 24.3 Å². The Kier molecular flexibility index (Phi) is 5.76. The minimum atomic E-state index is -0.157. The Morgan fingerprint density at radius 3 is 1.87 bits per heavy atom. The van der Waals surface area contributed by atoms with E-state index < -0.39 is 0 Å². The molecule has 30 heavy (non-hydrogen) atoms. The number of allylic oxidation sites excluding steroid dienone is 2. The third-order valence-electron chi connectivity index (χ3n) is 5.08. The van der Waals surface area contributed by atoms with Crippen molar-refractivity contribution in [3.05, 3.63) is 41.0 Å². The summed E-state index contributed by atoms with van der Waals surface area (Å²) in [7, 11) is 4.72. The van der Waals surface area contributed by atoms with Crippen molar-refractivity contribution in [2.24, 2.45) is 0 Å². The van der Waals surface area contributed by atoms with E-state index in [0.717, 1.165) is 11.1 Å². The maximum atomic E-state index is 9.86. The minimum Gasteiger partial charge on any atom is -0.492 e. The Morgan fingerprint density at radius 1 is 0.767 bits per heavy atom. The number of fused-ring (bicyclic) bond motifs is 2. The van der Waals surface area contributed by atoms with E-state index in [1.54, 1.807) is 21.3 Å². The van der Waals surface area contributed by atoms with Gasteiger partial charge in [0.25, 0.3) is 0 Å². The van der Waals surface area contributed by atoms with Crippen LogP contribution in [0.2, 0.25) is 0 Å². The normalized spacial score (nSPS) is 13.7. The van der Waals surface area contributed by atoms with Gasteiger partial charge < -0.3 is 38.3 Å². The number of benzene rings is 2. The van der Waals surface area contributed by atoms with Crippen molar-refractivity contribution in [1.29, 1.82) is 0 Å². The van der Waals surface area contributed by atoms with Crippen LogP contribution in [0.4, 0.5) is 0 Å². The second-order valence-corrected chi connectivity index (χ2v) is 6.66. The largest absolute Gasteiger partial charge is 0.492 e. The first kappa shape index (κ1) is 20.0. The molecule has 0 bridgehead atoms. The van der Waals surface area contributed by atoms with Crippen LogP contribution in [0.3, 0.4) is 0 Å². The van der Waals surface area contributed by atoms with Gasteiger partial charge in [0.15, 0.2) is 23.0 Å². The van der Waals surface area contributed by atoms with E-state index in [1.165, 1.54) is 0 Å². The van der Waals surface area contributed by atoms with Crippen LogP contribution in [-0.2, 0) is 19.4 Å². The summed E-state index contributed by atoms with van der Waals surface area (Å²) < 4.78 is 38.4. The molecule has 0 fully saturated rings. The highest BCUT2D eigenvalue weighted by Gasteiger charge is 2.26. The van der Waals surface area contributed by atoms with Gasteiger partial charge in [-0.05, 0) is 30.5 Å². The molecule has 2 heterocycles. The number of hydrogen-bond donors (Lipinski definition) is 1. The molecule has 0 atom stereocenters. The van der Waals surface area contributed by atoms with E-state index in [0.29, 0.717) is 58.7 Å². The van der Waals surface area contributed by atoms with E-state index in [2.05, 4.69) is 0 Å². The molecular formula is C22H24O8. The fraction of sp³-hybridized carbons (Fsp3) is 0.364. The second-order valence-electron chi connectivity index (χ2n) is 6.66. The molecular weight excluding hydrogens is 392 g/mol. The molecule has 2 aliphatic rings. The molecule has 2 aliphatic heterocycles. The Labute approximate surface area is 174 Å². The van der Waals surface area contributed by atoms with Crippen LogP contribution in [0.25, 0.3) is 0 Å². The number of aliphatic hydroxyl groups excluding tert-OH is 1. The molecule has 2 aromatic rings. The molecule has 0 amide bonds. The van der Waals surface area contributed by atoms with Crippen molar-refractivity contribution < 1.29 is 38.3 Å². The molecule has 0 saturated heterocycles. The van der Waals surface area contributed by atoms with Gasteiger partial charge in [-0.2, -0.15) is 0 Å². The van der Waals surface area contributed by atoms with Gasteiger partial charge in [-0.25, -0.2) is 0 Å². The molecule has 2 aromatic carbocycles. The maximum Gasteiger partial charge on any atom is 0.231 e. The van der Waals surface area contributed by atoms with Crippen LogP contribution in [0.1, 0.15) is 16.7 Å². The molecule has 0 aliphatic carbocycles. The second kappa shape index (κ2) is 8.62. The molecule has 8 nitrogen and oxygen atoms in total. The number of ether oxygens (including phenoxy) is 7. The Bertz CT molecular complexity index is 889. The number of hydrogen-bond acceptors (Lipinski definition) is 8. The highest BCUT2D eigenvalue weighted by molar-refractivity contribution is 5.64. The first-order chi connectivity index (χ1) is 14.7. The molecule has 4 rings (SSSR count). The SMILES string of the molecule is COc1c(CC=CCc2cc3c(c(OC)c2CO)OCO3)cc2c(c1OC)OCO2. The quantitative estimate of drug-likeness (QED) is 0.658. The fourth-order valence-electron chi connectivity index (χ4n) is 3.70. The topological polar surface area (TPSA) is 84.8 Å². The number of methoxy groups -OCH3 is 3. The molecule has 1 N–H and O–H groups in total. The summed E-state index contributed by atoms with van der Waals surface area (Å²) in [5, 5.41) is 9.86. The summed E-state index contributed by atoms with van der Waals surface area (Å²) in [6.45, 7) is 0.141. The van der Waals surface area contributed by atoms with Crippen molar-refractivity contribution in [2.45, 2.75) is 19.4 Å². The van der Waals surface area contributed by atoms with Gasteiger partial charge in [0.1, 0.15) is 0 Å². The van der Waals surface area contributed by atoms with Crippen molar-refractivity contribution >= 4 is 0 Å². The average molecular weight is 416 g/mol. The molecule has 0 spiro atoms. The lowest BCUT2D eigenvalue weighted by Gasteiger charge is -2.14. The first-order valence-corrected chi connectivity index (χ1v) is 9.49. The van der Waals surface area contributed by atoms with Gasteiger partial charge in [-0.3, -0.25) is 0 Å². The predicted molar refractivity (Wildman–Crippen MR) is 107 cm³/mol. The lowest BCUT2D eigenvalue weighted by atomic mass is 10.0. The smallest absolute Gasteiger partial charge is 0.231 e. The van der Waals surface area contributed by atoms with Crippen molar-refractivity contribution in [3.63, 3.8) is 0 Å². The predicted octanol–water partition coefficient (Wildman–Crippen LogP) is 3.00.